The van der Waals surface area contributed by atoms with E-state index in [-0.39, 0.29) is 31.5 Å². The second kappa shape index (κ2) is 15.2. The number of amides is 2. The van der Waals surface area contributed by atoms with Crippen LogP contribution in [0.3, 0.4) is 0 Å². The van der Waals surface area contributed by atoms with Crippen molar-refractivity contribution in [3.63, 3.8) is 0 Å². The minimum absolute atomic E-state index is 0.0493. The highest BCUT2D eigenvalue weighted by Gasteiger charge is 2.50. The first-order valence-corrected chi connectivity index (χ1v) is 16.4. The first kappa shape index (κ1) is 32.8. The van der Waals surface area contributed by atoms with E-state index in [4.69, 9.17) is 32.8 Å². The quantitative estimate of drug-likeness (QED) is 0.178. The average molecular weight is 674 g/mol. The molecule has 2 amide bonds. The Bertz CT molecular complexity index is 1730. The fourth-order valence-corrected chi connectivity index (χ4v) is 7.19. The van der Waals surface area contributed by atoms with Gasteiger partial charge in [-0.15, -0.1) is 0 Å². The summed E-state index contributed by atoms with van der Waals surface area (Å²) in [5.41, 5.74) is 5.45. The third-order valence-corrected chi connectivity index (χ3v) is 9.34. The number of benzene rings is 2. The van der Waals surface area contributed by atoms with Crippen molar-refractivity contribution in [2.75, 3.05) is 6.61 Å². The number of hydrogen-bond donors (Lipinski definition) is 1. The SMILES string of the molecule is O=C(COCc1ccccn1)C1CCCCC1N1C(=O)c2ccccc2[C@@H](C(=O)NOCc2ccccn2)C1c1ccc(Cl)cc1Cl. The molecule has 47 heavy (non-hydrogen) atoms. The minimum atomic E-state index is -0.913. The summed E-state index contributed by atoms with van der Waals surface area (Å²) in [6, 6.07) is 21.7. The largest absolute Gasteiger partial charge is 0.367 e. The first-order chi connectivity index (χ1) is 22.9. The van der Waals surface area contributed by atoms with Crippen LogP contribution in [0.5, 0.6) is 0 Å². The predicted molar refractivity (Wildman–Crippen MR) is 176 cm³/mol. The molecule has 2 aromatic carbocycles. The van der Waals surface area contributed by atoms with Gasteiger partial charge < -0.3 is 9.64 Å². The molecule has 4 aromatic rings. The van der Waals surface area contributed by atoms with E-state index in [0.717, 1.165) is 18.5 Å². The zero-order chi connectivity index (χ0) is 32.8. The van der Waals surface area contributed by atoms with E-state index in [2.05, 4.69) is 15.4 Å². The van der Waals surface area contributed by atoms with Crippen molar-refractivity contribution in [3.05, 3.63) is 129 Å². The summed E-state index contributed by atoms with van der Waals surface area (Å²) in [6.07, 6.45) is 6.15. The van der Waals surface area contributed by atoms with Crippen molar-refractivity contribution < 1.29 is 24.0 Å². The highest BCUT2D eigenvalue weighted by Crippen LogP contribution is 2.48. The predicted octanol–water partition coefficient (Wildman–Crippen LogP) is 6.66. The van der Waals surface area contributed by atoms with Gasteiger partial charge in [0.25, 0.3) is 11.8 Å². The lowest BCUT2D eigenvalue weighted by molar-refractivity contribution is -0.139. The van der Waals surface area contributed by atoms with Gasteiger partial charge in [-0.1, -0.05) is 72.4 Å². The van der Waals surface area contributed by atoms with Crippen LogP contribution < -0.4 is 5.48 Å². The lowest BCUT2D eigenvalue weighted by atomic mass is 9.74. The molecule has 0 bridgehead atoms. The van der Waals surface area contributed by atoms with Crippen LogP contribution in [0, 0.1) is 5.92 Å². The maximum atomic E-state index is 14.5. The number of fused-ring (bicyclic) bond motifs is 1. The molecule has 9 nitrogen and oxygen atoms in total. The fraction of sp³-hybridized carbons (Fsp3) is 0.306. The highest BCUT2D eigenvalue weighted by atomic mass is 35.5. The smallest absolute Gasteiger partial charge is 0.254 e. The van der Waals surface area contributed by atoms with Gasteiger partial charge in [-0.25, -0.2) is 5.48 Å². The Morgan fingerprint density at radius 2 is 1.55 bits per heavy atom. The molecular weight excluding hydrogens is 639 g/mol. The van der Waals surface area contributed by atoms with Crippen LogP contribution in [0.25, 0.3) is 0 Å². The van der Waals surface area contributed by atoms with Crippen molar-refractivity contribution in [3.8, 4) is 0 Å². The molecule has 1 aliphatic heterocycles. The van der Waals surface area contributed by atoms with Gasteiger partial charge in [-0.2, -0.15) is 0 Å². The van der Waals surface area contributed by atoms with Crippen molar-refractivity contribution in [2.45, 2.75) is 56.9 Å². The Kier molecular flexibility index (Phi) is 10.6. The molecule has 4 atom stereocenters. The molecule has 0 saturated heterocycles. The molecular formula is C36H34Cl2N4O5. The number of carbonyl (C=O) groups is 3. The summed E-state index contributed by atoms with van der Waals surface area (Å²) >= 11 is 13.1. The van der Waals surface area contributed by atoms with Gasteiger partial charge in [0.2, 0.25) is 0 Å². The number of rotatable bonds is 11. The minimum Gasteiger partial charge on any atom is -0.367 e. The summed E-state index contributed by atoms with van der Waals surface area (Å²) in [5.74, 6) is -2.24. The molecule has 1 N–H and O–H groups in total. The highest BCUT2D eigenvalue weighted by molar-refractivity contribution is 6.35. The Morgan fingerprint density at radius 1 is 0.851 bits per heavy atom. The molecule has 0 spiro atoms. The number of carbonyl (C=O) groups excluding carboxylic acids is 3. The molecule has 0 radical (unpaired) electrons. The van der Waals surface area contributed by atoms with Gasteiger partial charge in [-0.3, -0.25) is 29.2 Å². The molecule has 1 fully saturated rings. The number of pyridine rings is 2. The number of nitrogens with zero attached hydrogens (tertiary/aromatic N) is 3. The van der Waals surface area contributed by atoms with Gasteiger partial charge in [-0.05, 0) is 66.4 Å². The average Bonchev–Trinajstić information content (AvgIpc) is 3.09. The normalized spacial score (nSPS) is 20.8. The maximum absolute atomic E-state index is 14.5. The third-order valence-electron chi connectivity index (χ3n) is 8.78. The standard InChI is InChI=1S/C36H34Cl2N4O5/c37-23-15-16-28(30(38)19-23)34-33(35(44)41-47-21-25-10-6-8-18-40-25)26-11-1-2-12-27(26)36(45)42(34)31-14-4-3-13-29(31)32(43)22-46-20-24-9-5-7-17-39-24/h1-2,5-12,15-19,29,31,33-34H,3-4,13-14,20-22H2,(H,41,44)/t29?,31?,33-,34?/m1/s1. The lowest BCUT2D eigenvalue weighted by Gasteiger charge is -2.48. The molecule has 2 aromatic heterocycles. The zero-order valence-corrected chi connectivity index (χ0v) is 27.1. The van der Waals surface area contributed by atoms with E-state index in [1.165, 1.54) is 0 Å². The first-order valence-electron chi connectivity index (χ1n) is 15.6. The number of hydroxylamine groups is 1. The third kappa shape index (κ3) is 7.39. The molecule has 1 saturated carbocycles. The number of aromatic nitrogens is 2. The van der Waals surface area contributed by atoms with E-state index in [1.54, 1.807) is 71.9 Å². The van der Waals surface area contributed by atoms with Crippen LogP contribution in [0.4, 0.5) is 0 Å². The fourth-order valence-electron chi connectivity index (χ4n) is 6.67. The lowest BCUT2D eigenvalue weighted by Crippen LogP contribution is -2.55. The molecule has 3 unspecified atom stereocenters. The number of halogens is 2. The number of nitrogens with one attached hydrogen (secondary N) is 1. The Labute approximate surface area is 283 Å². The van der Waals surface area contributed by atoms with Crippen molar-refractivity contribution in [1.29, 1.82) is 0 Å². The van der Waals surface area contributed by atoms with Crippen LogP contribution in [0.2, 0.25) is 10.0 Å². The second-order valence-corrected chi connectivity index (χ2v) is 12.5. The van der Waals surface area contributed by atoms with Crippen molar-refractivity contribution in [2.24, 2.45) is 5.92 Å². The number of Topliss-reactive ketones (excluding diaryl/α,β-unsaturated/α-hetero) is 1. The molecule has 11 heteroatoms. The molecule has 242 valence electrons. The van der Waals surface area contributed by atoms with Crippen molar-refractivity contribution in [1.82, 2.24) is 20.3 Å². The maximum Gasteiger partial charge on any atom is 0.254 e. The van der Waals surface area contributed by atoms with Gasteiger partial charge >= 0.3 is 0 Å². The van der Waals surface area contributed by atoms with Gasteiger partial charge in [0.1, 0.15) is 13.2 Å². The monoisotopic (exact) mass is 672 g/mol. The van der Waals surface area contributed by atoms with E-state index in [0.29, 0.717) is 45.3 Å². The van der Waals surface area contributed by atoms with Gasteiger partial charge in [0, 0.05) is 40.0 Å². The Morgan fingerprint density at radius 3 is 2.28 bits per heavy atom. The van der Waals surface area contributed by atoms with Crippen LogP contribution in [-0.2, 0) is 32.4 Å². The molecule has 2 aliphatic rings. The summed E-state index contributed by atoms with van der Waals surface area (Å²) in [7, 11) is 0. The Hall–Kier alpha value is -4.15. The van der Waals surface area contributed by atoms with E-state index >= 15 is 0 Å². The number of ketones is 1. The van der Waals surface area contributed by atoms with E-state index < -0.39 is 29.8 Å². The van der Waals surface area contributed by atoms with Gasteiger partial charge in [0.05, 0.1) is 30.0 Å². The van der Waals surface area contributed by atoms with Gasteiger partial charge in [0.15, 0.2) is 5.78 Å². The van der Waals surface area contributed by atoms with Crippen LogP contribution in [-0.4, -0.2) is 45.1 Å². The Balaban J connectivity index is 1.35. The van der Waals surface area contributed by atoms with Crippen LogP contribution in [0.1, 0.15) is 70.5 Å². The number of ether oxygens (including phenoxy) is 1. The second-order valence-electron chi connectivity index (χ2n) is 11.7. The zero-order valence-electron chi connectivity index (χ0n) is 25.6. The summed E-state index contributed by atoms with van der Waals surface area (Å²) in [5, 5.41) is 0.729. The molecule has 6 rings (SSSR count). The van der Waals surface area contributed by atoms with Crippen LogP contribution in [0.15, 0.2) is 91.3 Å². The van der Waals surface area contributed by atoms with Crippen LogP contribution >= 0.6 is 23.2 Å². The van der Waals surface area contributed by atoms with Crippen molar-refractivity contribution >= 4 is 40.8 Å². The van der Waals surface area contributed by atoms with E-state index in [1.807, 2.05) is 24.3 Å². The summed E-state index contributed by atoms with van der Waals surface area (Å²) in [6.45, 7) is 0.130. The number of hydrogen-bond acceptors (Lipinski definition) is 7. The topological polar surface area (TPSA) is 111 Å². The molecule has 3 heterocycles. The summed E-state index contributed by atoms with van der Waals surface area (Å²) in [4.78, 5) is 58.4. The molecule has 1 aliphatic carbocycles. The van der Waals surface area contributed by atoms with E-state index in [9.17, 15) is 14.4 Å². The summed E-state index contributed by atoms with van der Waals surface area (Å²) < 4.78 is 5.80.